The Morgan fingerprint density at radius 3 is 2.90 bits per heavy atom. The third-order valence-corrected chi connectivity index (χ3v) is 4.35. The smallest absolute Gasteiger partial charge is 0.274 e. The van der Waals surface area contributed by atoms with E-state index < -0.39 is 0 Å². The number of anilines is 1. The number of likely N-dealkylation sites (tertiary alicyclic amines) is 1. The molecule has 0 aromatic carbocycles. The number of aliphatic hydroxyl groups excluding tert-OH is 1. The maximum absolute atomic E-state index is 12.4. The van der Waals surface area contributed by atoms with Crippen LogP contribution in [0, 0.1) is 11.8 Å². The van der Waals surface area contributed by atoms with Gasteiger partial charge in [0.05, 0.1) is 6.10 Å². The van der Waals surface area contributed by atoms with Gasteiger partial charge in [-0.25, -0.2) is 0 Å². The van der Waals surface area contributed by atoms with Gasteiger partial charge in [0, 0.05) is 25.6 Å². The first-order valence-electron chi connectivity index (χ1n) is 7.24. The number of aliphatic hydroxyl groups is 1. The Labute approximate surface area is 118 Å². The first-order valence-corrected chi connectivity index (χ1v) is 7.24. The molecular formula is C14H20N4O2. The van der Waals surface area contributed by atoms with Crippen molar-refractivity contribution in [1.29, 1.82) is 0 Å². The van der Waals surface area contributed by atoms with E-state index in [1.165, 1.54) is 0 Å². The van der Waals surface area contributed by atoms with Gasteiger partial charge >= 0.3 is 0 Å². The van der Waals surface area contributed by atoms with Gasteiger partial charge in [-0.2, -0.15) is 0 Å². The maximum atomic E-state index is 12.4. The highest BCUT2D eigenvalue weighted by atomic mass is 16.3. The lowest BCUT2D eigenvalue weighted by atomic mass is 10.00. The minimum Gasteiger partial charge on any atom is -0.393 e. The van der Waals surface area contributed by atoms with E-state index in [4.69, 9.17) is 0 Å². The molecule has 20 heavy (non-hydrogen) atoms. The number of nitrogens with one attached hydrogen (secondary N) is 1. The number of aromatic nitrogens is 2. The van der Waals surface area contributed by atoms with Crippen molar-refractivity contribution < 1.29 is 9.90 Å². The van der Waals surface area contributed by atoms with Crippen molar-refractivity contribution in [3.8, 4) is 0 Å². The molecule has 2 aliphatic rings. The van der Waals surface area contributed by atoms with E-state index in [1.54, 1.807) is 17.0 Å². The fraction of sp³-hybridized carbons (Fsp3) is 0.643. The second-order valence-electron chi connectivity index (χ2n) is 5.61. The molecule has 3 rings (SSSR count). The van der Waals surface area contributed by atoms with Gasteiger partial charge in [0.1, 0.15) is 5.82 Å². The van der Waals surface area contributed by atoms with Crippen LogP contribution in [-0.4, -0.2) is 51.8 Å². The summed E-state index contributed by atoms with van der Waals surface area (Å²) >= 11 is 0. The molecule has 6 nitrogen and oxygen atoms in total. The van der Waals surface area contributed by atoms with Gasteiger partial charge in [-0.05, 0) is 37.8 Å². The molecule has 0 bridgehead atoms. The number of nitrogens with zero attached hydrogens (tertiary/aromatic N) is 3. The van der Waals surface area contributed by atoms with Crippen LogP contribution in [0.5, 0.6) is 0 Å². The highest BCUT2D eigenvalue weighted by Crippen LogP contribution is 2.38. The van der Waals surface area contributed by atoms with Gasteiger partial charge in [0.2, 0.25) is 0 Å². The number of fused-ring (bicyclic) bond motifs is 1. The van der Waals surface area contributed by atoms with Gasteiger partial charge in [-0.3, -0.25) is 4.79 Å². The number of carbonyl (C=O) groups excluding carboxylic acids is 1. The van der Waals surface area contributed by atoms with Crippen LogP contribution in [-0.2, 0) is 0 Å². The fourth-order valence-electron chi connectivity index (χ4n) is 3.29. The average molecular weight is 276 g/mol. The minimum atomic E-state index is -0.250. The molecule has 6 heteroatoms. The van der Waals surface area contributed by atoms with Gasteiger partial charge < -0.3 is 15.3 Å². The van der Waals surface area contributed by atoms with E-state index in [9.17, 15) is 9.90 Å². The topological polar surface area (TPSA) is 78.4 Å². The molecule has 1 saturated heterocycles. The minimum absolute atomic E-state index is 0.0813. The van der Waals surface area contributed by atoms with Gasteiger partial charge in [0.25, 0.3) is 5.91 Å². The Hall–Kier alpha value is -1.69. The van der Waals surface area contributed by atoms with Crippen molar-refractivity contribution in [2.24, 2.45) is 11.8 Å². The molecule has 108 valence electrons. The van der Waals surface area contributed by atoms with Crippen molar-refractivity contribution in [3.05, 3.63) is 17.8 Å². The van der Waals surface area contributed by atoms with Crippen molar-refractivity contribution in [1.82, 2.24) is 15.1 Å². The Morgan fingerprint density at radius 2 is 2.25 bits per heavy atom. The lowest BCUT2D eigenvalue weighted by Crippen LogP contribution is -2.31. The maximum Gasteiger partial charge on any atom is 0.274 e. The van der Waals surface area contributed by atoms with Crippen LogP contribution in [0.25, 0.3) is 0 Å². The average Bonchev–Trinajstić information content (AvgIpc) is 3.02. The van der Waals surface area contributed by atoms with Crippen LogP contribution in [0.15, 0.2) is 12.1 Å². The van der Waals surface area contributed by atoms with Crippen molar-refractivity contribution in [2.75, 3.05) is 25.0 Å². The molecule has 2 heterocycles. The molecule has 1 aromatic heterocycles. The lowest BCUT2D eigenvalue weighted by Gasteiger charge is -2.17. The molecule has 1 aliphatic carbocycles. The molecule has 2 fully saturated rings. The Balaban J connectivity index is 1.67. The van der Waals surface area contributed by atoms with Crippen LogP contribution < -0.4 is 5.32 Å². The summed E-state index contributed by atoms with van der Waals surface area (Å²) in [6, 6.07) is 3.48. The highest BCUT2D eigenvalue weighted by molar-refractivity contribution is 5.92. The number of hydrogen-bond acceptors (Lipinski definition) is 5. The van der Waals surface area contributed by atoms with Crippen molar-refractivity contribution in [3.63, 3.8) is 0 Å². The predicted molar refractivity (Wildman–Crippen MR) is 74.3 cm³/mol. The second kappa shape index (κ2) is 5.36. The van der Waals surface area contributed by atoms with Crippen LogP contribution in [0.3, 0.4) is 0 Å². The van der Waals surface area contributed by atoms with Crippen LogP contribution in [0.4, 0.5) is 5.82 Å². The number of amides is 1. The Kier molecular flexibility index (Phi) is 3.56. The van der Waals surface area contributed by atoms with Gasteiger partial charge in [-0.1, -0.05) is 0 Å². The van der Waals surface area contributed by atoms with E-state index in [0.717, 1.165) is 25.9 Å². The normalized spacial score (nSPS) is 28.5. The summed E-state index contributed by atoms with van der Waals surface area (Å²) in [5.74, 6) is 1.29. The third kappa shape index (κ3) is 2.35. The van der Waals surface area contributed by atoms with Crippen molar-refractivity contribution in [2.45, 2.75) is 25.9 Å². The number of carbonyl (C=O) groups is 1. The van der Waals surface area contributed by atoms with Gasteiger partial charge in [-0.15, -0.1) is 10.2 Å². The van der Waals surface area contributed by atoms with Crippen LogP contribution >= 0.6 is 0 Å². The molecule has 0 radical (unpaired) electrons. The van der Waals surface area contributed by atoms with E-state index in [2.05, 4.69) is 15.5 Å². The quantitative estimate of drug-likeness (QED) is 0.852. The Morgan fingerprint density at radius 1 is 1.40 bits per heavy atom. The van der Waals surface area contributed by atoms with E-state index in [0.29, 0.717) is 24.0 Å². The zero-order chi connectivity index (χ0) is 14.1. The summed E-state index contributed by atoms with van der Waals surface area (Å²) in [6.45, 7) is 4.13. The molecule has 2 N–H and O–H groups in total. The van der Waals surface area contributed by atoms with Crippen LogP contribution in [0.2, 0.25) is 0 Å². The summed E-state index contributed by atoms with van der Waals surface area (Å²) in [7, 11) is 0. The van der Waals surface area contributed by atoms with Crippen LogP contribution in [0.1, 0.15) is 30.3 Å². The predicted octanol–water partition coefficient (Wildman–Crippen LogP) is 0.751. The van der Waals surface area contributed by atoms with E-state index >= 15 is 0 Å². The van der Waals surface area contributed by atoms with Gasteiger partial charge in [0.15, 0.2) is 5.69 Å². The second-order valence-corrected chi connectivity index (χ2v) is 5.61. The van der Waals surface area contributed by atoms with Crippen molar-refractivity contribution >= 4 is 11.7 Å². The lowest BCUT2D eigenvalue weighted by molar-refractivity contribution is 0.0745. The molecule has 3 unspecified atom stereocenters. The summed E-state index contributed by atoms with van der Waals surface area (Å²) in [5, 5.41) is 20.9. The summed E-state index contributed by atoms with van der Waals surface area (Å²) in [5.41, 5.74) is 0.376. The largest absolute Gasteiger partial charge is 0.393 e. The monoisotopic (exact) mass is 276 g/mol. The molecule has 1 aromatic rings. The standard InChI is InChI=1S/C14H20N4O2/c1-2-15-13-6-4-11(16-17-13)14(20)18-7-9-3-5-12(19)10(9)8-18/h4,6,9-10,12,19H,2-3,5,7-8H2,1H3,(H,15,17). The summed E-state index contributed by atoms with van der Waals surface area (Å²) in [6.07, 6.45) is 1.63. The summed E-state index contributed by atoms with van der Waals surface area (Å²) in [4.78, 5) is 14.2. The SMILES string of the molecule is CCNc1ccc(C(=O)N2CC3CCC(O)C3C2)nn1. The molecule has 1 saturated carbocycles. The zero-order valence-electron chi connectivity index (χ0n) is 11.6. The first-order chi connectivity index (χ1) is 9.69. The molecule has 1 amide bonds. The summed E-state index contributed by atoms with van der Waals surface area (Å²) < 4.78 is 0. The van der Waals surface area contributed by atoms with E-state index in [1.807, 2.05) is 6.92 Å². The Bertz CT molecular complexity index is 490. The molecular weight excluding hydrogens is 256 g/mol. The first kappa shape index (κ1) is 13.3. The molecule has 3 atom stereocenters. The molecule has 0 spiro atoms. The zero-order valence-corrected chi connectivity index (χ0v) is 11.6. The highest BCUT2D eigenvalue weighted by Gasteiger charge is 2.43. The van der Waals surface area contributed by atoms with E-state index in [-0.39, 0.29) is 17.9 Å². The number of hydrogen-bond donors (Lipinski definition) is 2. The fourth-order valence-corrected chi connectivity index (χ4v) is 3.29. The third-order valence-electron chi connectivity index (χ3n) is 4.35. The number of rotatable bonds is 3. The molecule has 1 aliphatic heterocycles.